The Morgan fingerprint density at radius 2 is 1.78 bits per heavy atom. The molecule has 27 heavy (non-hydrogen) atoms. The van der Waals surface area contributed by atoms with Crippen LogP contribution in [-0.4, -0.2) is 16.8 Å². The number of nitrogens with zero attached hydrogens (tertiary/aromatic N) is 1. The van der Waals surface area contributed by atoms with Crippen LogP contribution in [0.15, 0.2) is 48.5 Å². The fraction of sp³-hybridized carbons (Fsp3) is 0.286. The molecule has 1 atom stereocenters. The van der Waals surface area contributed by atoms with Gasteiger partial charge in [0, 0.05) is 11.6 Å². The summed E-state index contributed by atoms with van der Waals surface area (Å²) in [6, 6.07) is 15.4. The van der Waals surface area contributed by atoms with Crippen molar-refractivity contribution in [1.82, 2.24) is 4.98 Å². The van der Waals surface area contributed by atoms with Gasteiger partial charge < -0.3 is 10.6 Å². The van der Waals surface area contributed by atoms with Gasteiger partial charge in [-0.3, -0.25) is 9.59 Å². The Kier molecular flexibility index (Phi) is 5.86. The maximum atomic E-state index is 12.7. The molecule has 0 spiro atoms. The summed E-state index contributed by atoms with van der Waals surface area (Å²) >= 11 is 1.42. The van der Waals surface area contributed by atoms with Crippen molar-refractivity contribution in [3.05, 3.63) is 54.1 Å². The summed E-state index contributed by atoms with van der Waals surface area (Å²) < 4.78 is 0.960. The van der Waals surface area contributed by atoms with Crippen LogP contribution in [0.5, 0.6) is 0 Å². The molecule has 0 bridgehead atoms. The zero-order valence-corrected chi connectivity index (χ0v) is 16.5. The molecule has 0 saturated carbocycles. The van der Waals surface area contributed by atoms with Gasteiger partial charge in [0.1, 0.15) is 0 Å². The van der Waals surface area contributed by atoms with E-state index in [0.29, 0.717) is 10.8 Å². The summed E-state index contributed by atoms with van der Waals surface area (Å²) in [6.45, 7) is 5.69. The summed E-state index contributed by atoms with van der Waals surface area (Å²) in [4.78, 5) is 29.0. The SMILES string of the molecule is CC[C@H](C(=O)Nc1ccc2sc(NC(=O)C(C)C)nc2c1)c1ccccc1. The average molecular weight is 382 g/mol. The van der Waals surface area contributed by atoms with Crippen molar-refractivity contribution in [2.45, 2.75) is 33.1 Å². The van der Waals surface area contributed by atoms with Crippen molar-refractivity contribution >= 4 is 44.2 Å². The van der Waals surface area contributed by atoms with Gasteiger partial charge in [0.05, 0.1) is 16.1 Å². The second-order valence-electron chi connectivity index (χ2n) is 6.71. The molecular formula is C21H23N3O2S. The molecule has 0 radical (unpaired) electrons. The lowest BCUT2D eigenvalue weighted by atomic mass is 9.95. The normalized spacial score (nSPS) is 12.1. The Morgan fingerprint density at radius 3 is 2.44 bits per heavy atom. The molecule has 0 aliphatic heterocycles. The predicted octanol–water partition coefficient (Wildman–Crippen LogP) is 5.02. The van der Waals surface area contributed by atoms with Crippen LogP contribution in [0.4, 0.5) is 10.8 Å². The molecule has 6 heteroatoms. The third kappa shape index (κ3) is 4.52. The summed E-state index contributed by atoms with van der Waals surface area (Å²) in [5.74, 6) is -0.392. The van der Waals surface area contributed by atoms with Crippen molar-refractivity contribution in [1.29, 1.82) is 0 Å². The van der Waals surface area contributed by atoms with Gasteiger partial charge in [-0.1, -0.05) is 62.4 Å². The number of carbonyl (C=O) groups is 2. The minimum absolute atomic E-state index is 0.0355. The van der Waals surface area contributed by atoms with Crippen LogP contribution in [0, 0.1) is 5.92 Å². The second kappa shape index (κ2) is 8.31. The van der Waals surface area contributed by atoms with Gasteiger partial charge in [0.25, 0.3) is 0 Å². The number of thiazole rings is 1. The van der Waals surface area contributed by atoms with Crippen LogP contribution < -0.4 is 10.6 Å². The highest BCUT2D eigenvalue weighted by molar-refractivity contribution is 7.22. The van der Waals surface area contributed by atoms with Gasteiger partial charge in [-0.05, 0) is 30.2 Å². The molecule has 3 rings (SSSR count). The summed E-state index contributed by atoms with van der Waals surface area (Å²) in [5.41, 5.74) is 2.46. The molecule has 0 aliphatic carbocycles. The molecule has 1 aromatic heterocycles. The monoisotopic (exact) mass is 381 g/mol. The lowest BCUT2D eigenvalue weighted by Gasteiger charge is -2.15. The maximum absolute atomic E-state index is 12.7. The second-order valence-corrected chi connectivity index (χ2v) is 7.74. The molecule has 0 saturated heterocycles. The van der Waals surface area contributed by atoms with E-state index >= 15 is 0 Å². The fourth-order valence-electron chi connectivity index (χ4n) is 2.80. The van der Waals surface area contributed by atoms with Crippen molar-refractivity contribution in [2.24, 2.45) is 5.92 Å². The smallest absolute Gasteiger partial charge is 0.231 e. The van der Waals surface area contributed by atoms with Crippen LogP contribution in [0.3, 0.4) is 0 Å². The van der Waals surface area contributed by atoms with Crippen LogP contribution in [0.25, 0.3) is 10.2 Å². The first kappa shape index (κ1) is 19.0. The molecule has 140 valence electrons. The third-order valence-corrected chi connectivity index (χ3v) is 5.29. The average Bonchev–Trinajstić information content (AvgIpc) is 3.04. The van der Waals surface area contributed by atoms with Crippen molar-refractivity contribution in [2.75, 3.05) is 10.6 Å². The van der Waals surface area contributed by atoms with E-state index < -0.39 is 0 Å². The minimum atomic E-state index is -0.196. The Bertz CT molecular complexity index is 950. The summed E-state index contributed by atoms with van der Waals surface area (Å²) in [6.07, 6.45) is 0.722. The number of aromatic nitrogens is 1. The van der Waals surface area contributed by atoms with Gasteiger partial charge >= 0.3 is 0 Å². The Labute approximate surface area is 162 Å². The van der Waals surface area contributed by atoms with Crippen molar-refractivity contribution < 1.29 is 9.59 Å². The zero-order valence-electron chi connectivity index (χ0n) is 15.7. The highest BCUT2D eigenvalue weighted by Crippen LogP contribution is 2.29. The standard InChI is InChI=1S/C21H23N3O2S/c1-4-16(14-8-6-5-7-9-14)20(26)22-15-10-11-18-17(12-15)23-21(27-18)24-19(25)13(2)3/h5-13,16H,4H2,1-3H3,(H,22,26)(H,23,24,25)/t16-/m0/s1. The number of anilines is 2. The number of nitrogens with one attached hydrogen (secondary N) is 2. The maximum Gasteiger partial charge on any atom is 0.231 e. The molecule has 2 aromatic carbocycles. The predicted molar refractivity (Wildman–Crippen MR) is 111 cm³/mol. The van der Waals surface area contributed by atoms with E-state index in [9.17, 15) is 9.59 Å². The van der Waals surface area contributed by atoms with E-state index in [1.165, 1.54) is 11.3 Å². The molecular weight excluding hydrogens is 358 g/mol. The highest BCUT2D eigenvalue weighted by atomic mass is 32.1. The van der Waals surface area contributed by atoms with E-state index in [1.54, 1.807) is 0 Å². The molecule has 3 aromatic rings. The molecule has 1 heterocycles. The van der Waals surface area contributed by atoms with Gasteiger partial charge in [-0.25, -0.2) is 4.98 Å². The number of fused-ring (bicyclic) bond motifs is 1. The largest absolute Gasteiger partial charge is 0.325 e. The van der Waals surface area contributed by atoms with Crippen molar-refractivity contribution in [3.8, 4) is 0 Å². The number of rotatable bonds is 6. The Balaban J connectivity index is 1.76. The summed E-state index contributed by atoms with van der Waals surface area (Å²) in [5, 5.41) is 6.38. The number of carbonyl (C=O) groups excluding carboxylic acids is 2. The van der Waals surface area contributed by atoms with E-state index in [4.69, 9.17) is 0 Å². The number of hydrogen-bond donors (Lipinski definition) is 2. The van der Waals surface area contributed by atoms with Crippen LogP contribution in [0.2, 0.25) is 0 Å². The quantitative estimate of drug-likeness (QED) is 0.629. The lowest BCUT2D eigenvalue weighted by Crippen LogP contribution is -2.20. The van der Waals surface area contributed by atoms with Gasteiger partial charge in [-0.15, -0.1) is 0 Å². The van der Waals surface area contributed by atoms with E-state index in [2.05, 4.69) is 15.6 Å². The molecule has 2 N–H and O–H groups in total. The molecule has 5 nitrogen and oxygen atoms in total. The van der Waals surface area contributed by atoms with Crippen LogP contribution in [-0.2, 0) is 9.59 Å². The van der Waals surface area contributed by atoms with Crippen LogP contribution >= 0.6 is 11.3 Å². The molecule has 0 aliphatic rings. The van der Waals surface area contributed by atoms with E-state index in [-0.39, 0.29) is 23.7 Å². The van der Waals surface area contributed by atoms with E-state index in [0.717, 1.165) is 22.2 Å². The van der Waals surface area contributed by atoms with Gasteiger partial charge in [-0.2, -0.15) is 0 Å². The lowest BCUT2D eigenvalue weighted by molar-refractivity contribution is -0.119. The topological polar surface area (TPSA) is 71.1 Å². The highest BCUT2D eigenvalue weighted by Gasteiger charge is 2.19. The van der Waals surface area contributed by atoms with E-state index in [1.807, 2.05) is 69.3 Å². The first-order valence-electron chi connectivity index (χ1n) is 9.05. The number of amides is 2. The first-order chi connectivity index (χ1) is 13.0. The molecule has 2 amide bonds. The third-order valence-electron chi connectivity index (χ3n) is 4.34. The fourth-order valence-corrected chi connectivity index (χ4v) is 3.64. The Morgan fingerprint density at radius 1 is 1.04 bits per heavy atom. The van der Waals surface area contributed by atoms with Crippen LogP contribution in [0.1, 0.15) is 38.7 Å². The first-order valence-corrected chi connectivity index (χ1v) is 9.87. The zero-order chi connectivity index (χ0) is 19.4. The number of benzene rings is 2. The molecule has 0 unspecified atom stereocenters. The summed E-state index contributed by atoms with van der Waals surface area (Å²) in [7, 11) is 0. The van der Waals surface area contributed by atoms with Crippen molar-refractivity contribution in [3.63, 3.8) is 0 Å². The van der Waals surface area contributed by atoms with Gasteiger partial charge in [0.15, 0.2) is 5.13 Å². The van der Waals surface area contributed by atoms with Gasteiger partial charge in [0.2, 0.25) is 11.8 Å². The molecule has 0 fully saturated rings. The minimum Gasteiger partial charge on any atom is -0.325 e. The number of hydrogen-bond acceptors (Lipinski definition) is 4. The Hall–Kier alpha value is -2.73.